The number of benzene rings is 1. The van der Waals surface area contributed by atoms with Crippen molar-refractivity contribution in [3.8, 4) is 0 Å². The molecule has 0 aliphatic rings. The van der Waals surface area contributed by atoms with Crippen molar-refractivity contribution < 1.29 is 13.2 Å². The van der Waals surface area contributed by atoms with Gasteiger partial charge in [0, 0.05) is 45.4 Å². The standard InChI is InChI=1S/C21H39N5O3S.HI/c1-7-22-20(23-13-15-26(5)14-10-16-29-6)24-17-18-11-8-9-12-19(18)30(27,28)25-21(2,3)4;/h8-9,11-12,25H,7,10,13-17H2,1-6H3,(H2,22,23,24);1H. The first kappa shape index (κ1) is 30.0. The molecule has 1 rings (SSSR count). The summed E-state index contributed by atoms with van der Waals surface area (Å²) in [6, 6.07) is 6.98. The van der Waals surface area contributed by atoms with E-state index < -0.39 is 15.6 Å². The molecule has 0 amide bonds. The Morgan fingerprint density at radius 2 is 1.84 bits per heavy atom. The van der Waals surface area contributed by atoms with E-state index in [9.17, 15) is 8.42 Å². The van der Waals surface area contributed by atoms with Crippen molar-refractivity contribution in [3.05, 3.63) is 29.8 Å². The van der Waals surface area contributed by atoms with E-state index in [4.69, 9.17) is 4.74 Å². The molecular weight excluding hydrogens is 529 g/mol. The fourth-order valence-electron chi connectivity index (χ4n) is 2.82. The molecule has 8 nitrogen and oxygen atoms in total. The maximum Gasteiger partial charge on any atom is 0.241 e. The number of nitrogens with zero attached hydrogens (tertiary/aromatic N) is 2. The van der Waals surface area contributed by atoms with E-state index >= 15 is 0 Å². The average molecular weight is 570 g/mol. The number of ether oxygens (including phenoxy) is 1. The number of methoxy groups -OCH3 is 1. The normalized spacial score (nSPS) is 12.5. The van der Waals surface area contributed by atoms with Crippen LogP contribution in [0.2, 0.25) is 0 Å². The van der Waals surface area contributed by atoms with Gasteiger partial charge in [0.2, 0.25) is 10.0 Å². The van der Waals surface area contributed by atoms with E-state index in [1.807, 2.05) is 33.8 Å². The molecule has 0 radical (unpaired) electrons. The summed E-state index contributed by atoms with van der Waals surface area (Å²) in [6.07, 6.45) is 0.995. The Morgan fingerprint density at radius 3 is 2.45 bits per heavy atom. The van der Waals surface area contributed by atoms with Crippen LogP contribution in [0.3, 0.4) is 0 Å². The molecule has 0 aliphatic heterocycles. The number of rotatable bonds is 12. The van der Waals surface area contributed by atoms with E-state index in [2.05, 4.69) is 32.3 Å². The summed E-state index contributed by atoms with van der Waals surface area (Å²) in [7, 11) is 0.161. The molecule has 180 valence electrons. The van der Waals surface area contributed by atoms with Gasteiger partial charge in [0.15, 0.2) is 5.96 Å². The van der Waals surface area contributed by atoms with Crippen LogP contribution >= 0.6 is 24.0 Å². The second-order valence-corrected chi connectivity index (χ2v) is 9.89. The molecule has 0 spiro atoms. The smallest absolute Gasteiger partial charge is 0.241 e. The third-order valence-electron chi connectivity index (χ3n) is 4.13. The van der Waals surface area contributed by atoms with Crippen molar-refractivity contribution in [3.63, 3.8) is 0 Å². The number of sulfonamides is 1. The molecule has 1 aromatic rings. The first-order chi connectivity index (χ1) is 14.1. The lowest BCUT2D eigenvalue weighted by Gasteiger charge is -2.21. The topological polar surface area (TPSA) is 95.1 Å². The zero-order valence-electron chi connectivity index (χ0n) is 19.7. The first-order valence-corrected chi connectivity index (χ1v) is 11.9. The minimum atomic E-state index is -3.63. The van der Waals surface area contributed by atoms with Crippen molar-refractivity contribution in [1.82, 2.24) is 20.3 Å². The third kappa shape index (κ3) is 12.6. The van der Waals surface area contributed by atoms with Gasteiger partial charge in [-0.1, -0.05) is 18.2 Å². The summed E-state index contributed by atoms with van der Waals surface area (Å²) in [5.41, 5.74) is 0.101. The van der Waals surface area contributed by atoms with Gasteiger partial charge in [-0.15, -0.1) is 24.0 Å². The van der Waals surface area contributed by atoms with Crippen LogP contribution < -0.4 is 15.4 Å². The number of guanidine groups is 1. The van der Waals surface area contributed by atoms with Gasteiger partial charge in [0.25, 0.3) is 0 Å². The molecule has 0 saturated carbocycles. The largest absolute Gasteiger partial charge is 0.385 e. The molecule has 0 saturated heterocycles. The summed E-state index contributed by atoms with van der Waals surface area (Å²) >= 11 is 0. The van der Waals surface area contributed by atoms with Crippen LogP contribution in [0.1, 0.15) is 39.7 Å². The molecule has 10 heteroatoms. The summed E-state index contributed by atoms with van der Waals surface area (Å²) < 4.78 is 33.4. The second kappa shape index (κ2) is 15.0. The molecule has 0 unspecified atom stereocenters. The van der Waals surface area contributed by atoms with Crippen LogP contribution in [0.15, 0.2) is 34.2 Å². The van der Waals surface area contributed by atoms with Gasteiger partial charge in [0.05, 0.1) is 11.4 Å². The minimum Gasteiger partial charge on any atom is -0.385 e. The van der Waals surface area contributed by atoms with Crippen molar-refractivity contribution in [2.75, 3.05) is 46.9 Å². The SMILES string of the molecule is CCNC(=NCc1ccccc1S(=O)(=O)NC(C)(C)C)NCCN(C)CCCOC.I. The Kier molecular flexibility index (Phi) is 14.5. The van der Waals surface area contributed by atoms with Crippen LogP contribution in [0.25, 0.3) is 0 Å². The number of halogens is 1. The zero-order chi connectivity index (χ0) is 22.6. The Bertz CT molecular complexity index is 767. The first-order valence-electron chi connectivity index (χ1n) is 10.4. The lowest BCUT2D eigenvalue weighted by atomic mass is 10.1. The molecule has 0 aromatic heterocycles. The van der Waals surface area contributed by atoms with Crippen LogP contribution in [-0.2, 0) is 21.3 Å². The highest BCUT2D eigenvalue weighted by atomic mass is 127. The third-order valence-corrected chi connectivity index (χ3v) is 5.99. The van der Waals surface area contributed by atoms with Gasteiger partial charge in [-0.05, 0) is 52.8 Å². The maximum atomic E-state index is 12.8. The number of hydrogen-bond donors (Lipinski definition) is 3. The molecule has 0 atom stereocenters. The summed E-state index contributed by atoms with van der Waals surface area (Å²) in [5, 5.41) is 6.52. The number of hydrogen-bond acceptors (Lipinski definition) is 5. The van der Waals surface area contributed by atoms with Crippen LogP contribution in [0.5, 0.6) is 0 Å². The van der Waals surface area contributed by atoms with E-state index in [0.717, 1.165) is 39.2 Å². The highest BCUT2D eigenvalue weighted by Gasteiger charge is 2.24. The Hall–Kier alpha value is -0.950. The van der Waals surface area contributed by atoms with Gasteiger partial charge in [-0.25, -0.2) is 18.1 Å². The quantitative estimate of drug-likeness (QED) is 0.155. The van der Waals surface area contributed by atoms with Gasteiger partial charge < -0.3 is 20.3 Å². The van der Waals surface area contributed by atoms with Gasteiger partial charge in [-0.2, -0.15) is 0 Å². The lowest BCUT2D eigenvalue weighted by Crippen LogP contribution is -2.41. The molecular formula is C21H40IN5O3S. The Labute approximate surface area is 205 Å². The predicted octanol–water partition coefficient (Wildman–Crippen LogP) is 2.40. The van der Waals surface area contributed by atoms with Crippen LogP contribution in [0.4, 0.5) is 0 Å². The summed E-state index contributed by atoms with van der Waals surface area (Å²) in [5.74, 6) is 0.666. The van der Waals surface area contributed by atoms with Crippen molar-refractivity contribution in [2.45, 2.75) is 51.1 Å². The second-order valence-electron chi connectivity index (χ2n) is 8.23. The molecule has 0 fully saturated rings. The van der Waals surface area contributed by atoms with Crippen molar-refractivity contribution in [2.24, 2.45) is 4.99 Å². The fraction of sp³-hybridized carbons (Fsp3) is 0.667. The summed E-state index contributed by atoms with van der Waals surface area (Å²) in [4.78, 5) is 7.08. The van der Waals surface area contributed by atoms with Gasteiger partial charge in [0.1, 0.15) is 0 Å². The molecule has 0 aliphatic carbocycles. The Morgan fingerprint density at radius 1 is 1.16 bits per heavy atom. The van der Waals surface area contributed by atoms with Gasteiger partial charge in [-0.3, -0.25) is 0 Å². The fourth-order valence-corrected chi connectivity index (χ4v) is 4.47. The predicted molar refractivity (Wildman–Crippen MR) is 139 cm³/mol. The van der Waals surface area contributed by atoms with Gasteiger partial charge >= 0.3 is 0 Å². The van der Waals surface area contributed by atoms with E-state index in [1.165, 1.54) is 0 Å². The number of nitrogens with one attached hydrogen (secondary N) is 3. The molecule has 3 N–H and O–H groups in total. The molecule has 0 heterocycles. The highest BCUT2D eigenvalue weighted by Crippen LogP contribution is 2.18. The van der Waals surface area contributed by atoms with E-state index in [-0.39, 0.29) is 35.4 Å². The monoisotopic (exact) mass is 569 g/mol. The molecule has 1 aromatic carbocycles. The molecule has 31 heavy (non-hydrogen) atoms. The maximum absolute atomic E-state index is 12.8. The van der Waals surface area contributed by atoms with Crippen LogP contribution in [-0.4, -0.2) is 71.8 Å². The Balaban J connectivity index is 0.00000900. The van der Waals surface area contributed by atoms with Crippen LogP contribution in [0, 0.1) is 0 Å². The number of aliphatic imine (C=N–C) groups is 1. The van der Waals surface area contributed by atoms with Crippen molar-refractivity contribution in [1.29, 1.82) is 0 Å². The van der Waals surface area contributed by atoms with E-state index in [1.54, 1.807) is 25.3 Å². The van der Waals surface area contributed by atoms with Crippen molar-refractivity contribution >= 4 is 40.0 Å². The lowest BCUT2D eigenvalue weighted by molar-refractivity contribution is 0.180. The average Bonchev–Trinajstić information content (AvgIpc) is 2.64. The number of likely N-dealkylation sites (N-methyl/N-ethyl adjacent to an activating group) is 1. The highest BCUT2D eigenvalue weighted by molar-refractivity contribution is 14.0. The molecule has 0 bridgehead atoms. The minimum absolute atomic E-state index is 0. The summed E-state index contributed by atoms with van der Waals surface area (Å²) in [6.45, 7) is 11.8. The zero-order valence-corrected chi connectivity index (χ0v) is 22.8. The van der Waals surface area contributed by atoms with E-state index in [0.29, 0.717) is 11.5 Å².